The van der Waals surface area contributed by atoms with Crippen LogP contribution in [0.1, 0.15) is 52.0 Å². The highest BCUT2D eigenvalue weighted by Gasteiger charge is 2.09. The van der Waals surface area contributed by atoms with Crippen LogP contribution in [-0.2, 0) is 11.2 Å². The maximum Gasteiger partial charge on any atom is 0.247 e. The number of H-pyrrole nitrogens is 1. The van der Waals surface area contributed by atoms with Crippen molar-refractivity contribution in [2.75, 3.05) is 0 Å². The minimum Gasteiger partial charge on any atom is -0.329 e. The van der Waals surface area contributed by atoms with Crippen LogP contribution in [-0.4, -0.2) is 16.8 Å². The monoisotopic (exact) mass is 266 g/mol. The Balaban J connectivity index is 0.000000383. The number of rotatable bonds is 3. The van der Waals surface area contributed by atoms with Crippen LogP contribution in [0.25, 0.3) is 0 Å². The van der Waals surface area contributed by atoms with Crippen LogP contribution >= 0.6 is 0 Å². The molecule has 0 aliphatic heterocycles. The predicted octanol–water partition coefficient (Wildman–Crippen LogP) is 2.42. The molecule has 0 atom stereocenters. The summed E-state index contributed by atoms with van der Waals surface area (Å²) < 4.78 is 0. The lowest BCUT2D eigenvalue weighted by Gasteiger charge is -2.18. The summed E-state index contributed by atoms with van der Waals surface area (Å²) >= 11 is 0. The molecule has 108 valence electrons. The lowest BCUT2D eigenvalue weighted by atomic mass is 9.95. The molecular formula is C15H26N2O2. The van der Waals surface area contributed by atoms with Crippen molar-refractivity contribution in [3.8, 4) is 0 Å². The number of carbonyl (C=O) groups is 1. The zero-order chi connectivity index (χ0) is 14.7. The quantitative estimate of drug-likeness (QED) is 0.882. The van der Waals surface area contributed by atoms with Gasteiger partial charge in [0.2, 0.25) is 5.56 Å². The third kappa shape index (κ3) is 9.19. The molecule has 1 aromatic rings. The number of pyridine rings is 1. The van der Waals surface area contributed by atoms with Gasteiger partial charge in [0, 0.05) is 24.7 Å². The van der Waals surface area contributed by atoms with Gasteiger partial charge in [-0.15, -0.1) is 0 Å². The largest absolute Gasteiger partial charge is 0.329 e. The molecule has 2 rings (SSSR count). The third-order valence-corrected chi connectivity index (χ3v) is 2.76. The van der Waals surface area contributed by atoms with Crippen molar-refractivity contribution in [1.82, 2.24) is 4.98 Å². The van der Waals surface area contributed by atoms with Gasteiger partial charge in [0.05, 0.1) is 0 Å². The summed E-state index contributed by atoms with van der Waals surface area (Å²) in [6.45, 7) is 5.56. The lowest BCUT2D eigenvalue weighted by molar-refractivity contribution is -0.116. The molecule has 0 spiro atoms. The molecule has 0 bridgehead atoms. The number of hydrogen-bond acceptors (Lipinski definition) is 3. The van der Waals surface area contributed by atoms with Gasteiger partial charge in [-0.2, -0.15) is 0 Å². The van der Waals surface area contributed by atoms with E-state index in [2.05, 4.69) is 4.98 Å². The Kier molecular flexibility index (Phi) is 9.71. The van der Waals surface area contributed by atoms with Crippen LogP contribution in [0.3, 0.4) is 0 Å². The van der Waals surface area contributed by atoms with E-state index in [1.54, 1.807) is 19.2 Å². The number of nitrogens with one attached hydrogen (secondary N) is 1. The van der Waals surface area contributed by atoms with E-state index in [0.717, 1.165) is 5.56 Å². The molecule has 19 heavy (non-hydrogen) atoms. The highest BCUT2D eigenvalue weighted by atomic mass is 16.1. The second kappa shape index (κ2) is 10.5. The molecule has 0 radical (unpaired) electrons. The average molecular weight is 266 g/mol. The summed E-state index contributed by atoms with van der Waals surface area (Å²) in [5.41, 5.74) is 6.26. The maximum atomic E-state index is 10.6. The number of aromatic nitrogens is 1. The molecule has 1 saturated carbocycles. The van der Waals surface area contributed by atoms with Crippen molar-refractivity contribution >= 4 is 5.78 Å². The van der Waals surface area contributed by atoms with Crippen LogP contribution in [0, 0.1) is 0 Å². The van der Waals surface area contributed by atoms with Gasteiger partial charge in [0.1, 0.15) is 5.78 Å². The average Bonchev–Trinajstić information content (AvgIpc) is 2.39. The van der Waals surface area contributed by atoms with Crippen molar-refractivity contribution < 1.29 is 4.79 Å². The summed E-state index contributed by atoms with van der Waals surface area (Å²) in [6.07, 6.45) is 6.77. The molecule has 4 heteroatoms. The predicted molar refractivity (Wildman–Crippen MR) is 79.2 cm³/mol. The molecule has 1 aliphatic rings. The van der Waals surface area contributed by atoms with Crippen molar-refractivity contribution in [2.45, 2.75) is 58.9 Å². The summed E-state index contributed by atoms with van der Waals surface area (Å²) in [7, 11) is 0. The van der Waals surface area contributed by atoms with Crippen LogP contribution in [0.15, 0.2) is 23.1 Å². The molecular weight excluding hydrogens is 240 g/mol. The number of carbonyl (C=O) groups excluding carboxylic acids is 1. The van der Waals surface area contributed by atoms with Gasteiger partial charge in [-0.1, -0.05) is 26.3 Å². The van der Waals surface area contributed by atoms with Crippen molar-refractivity contribution in [3.63, 3.8) is 0 Å². The van der Waals surface area contributed by atoms with E-state index in [4.69, 9.17) is 5.73 Å². The van der Waals surface area contributed by atoms with Crippen LogP contribution in [0.4, 0.5) is 0 Å². The van der Waals surface area contributed by atoms with Gasteiger partial charge in [-0.25, -0.2) is 0 Å². The molecule has 0 unspecified atom stereocenters. The fourth-order valence-electron chi connectivity index (χ4n) is 1.36. The smallest absolute Gasteiger partial charge is 0.247 e. The summed E-state index contributed by atoms with van der Waals surface area (Å²) in [4.78, 5) is 23.8. The van der Waals surface area contributed by atoms with Gasteiger partial charge in [-0.05, 0) is 31.7 Å². The van der Waals surface area contributed by atoms with Crippen molar-refractivity contribution in [1.29, 1.82) is 0 Å². The highest BCUT2D eigenvalue weighted by Crippen LogP contribution is 2.14. The number of aryl methyl sites for hydroxylation is 1. The summed E-state index contributed by atoms with van der Waals surface area (Å²) in [6, 6.07) is 3.77. The minimum absolute atomic E-state index is 0.110. The highest BCUT2D eigenvalue weighted by molar-refractivity contribution is 5.75. The number of aromatic amines is 1. The van der Waals surface area contributed by atoms with Gasteiger partial charge in [0.25, 0.3) is 0 Å². The fraction of sp³-hybridized carbons (Fsp3) is 0.600. The standard InChI is InChI=1S/C9H11NO2.C4H9N.C2H6/c1-7(11)2-3-8-4-5-9(12)10-6-8;5-4-2-1-3-4;1-2/h4-6H,2-3H2,1H3,(H,10,12);4H,1-3,5H2;1-2H3. The molecule has 3 N–H and O–H groups in total. The molecule has 1 fully saturated rings. The second-order valence-electron chi connectivity index (χ2n) is 4.45. The Morgan fingerprint density at radius 3 is 2.26 bits per heavy atom. The third-order valence-electron chi connectivity index (χ3n) is 2.76. The Morgan fingerprint density at radius 1 is 1.37 bits per heavy atom. The Hall–Kier alpha value is -1.42. The molecule has 1 aliphatic carbocycles. The molecule has 0 saturated heterocycles. The van der Waals surface area contributed by atoms with Crippen molar-refractivity contribution in [3.05, 3.63) is 34.2 Å². The van der Waals surface area contributed by atoms with E-state index in [0.29, 0.717) is 18.9 Å². The van der Waals surface area contributed by atoms with Gasteiger partial charge in [0.15, 0.2) is 0 Å². The number of hydrogen-bond donors (Lipinski definition) is 2. The zero-order valence-corrected chi connectivity index (χ0v) is 12.2. The van der Waals surface area contributed by atoms with E-state index in [1.807, 2.05) is 13.8 Å². The first-order chi connectivity index (χ1) is 9.08. The van der Waals surface area contributed by atoms with Crippen molar-refractivity contribution in [2.24, 2.45) is 5.73 Å². The Morgan fingerprint density at radius 2 is 1.95 bits per heavy atom. The van der Waals surface area contributed by atoms with Crippen LogP contribution in [0.5, 0.6) is 0 Å². The van der Waals surface area contributed by atoms with Gasteiger partial charge < -0.3 is 15.5 Å². The molecule has 0 aromatic carbocycles. The van der Waals surface area contributed by atoms with Gasteiger partial charge >= 0.3 is 0 Å². The first kappa shape index (κ1) is 17.6. The first-order valence-corrected chi connectivity index (χ1v) is 7.00. The molecule has 1 heterocycles. The Labute approximate surface area is 115 Å². The van der Waals surface area contributed by atoms with E-state index in [-0.39, 0.29) is 11.3 Å². The molecule has 4 nitrogen and oxygen atoms in total. The van der Waals surface area contributed by atoms with E-state index in [9.17, 15) is 9.59 Å². The summed E-state index contributed by atoms with van der Waals surface area (Å²) in [5.74, 6) is 0.168. The number of Topliss-reactive ketones (excluding diaryl/α,β-unsaturated/α-hetero) is 1. The Bertz CT molecular complexity index is 388. The first-order valence-electron chi connectivity index (χ1n) is 7.00. The molecule has 0 amide bonds. The maximum absolute atomic E-state index is 10.6. The lowest BCUT2D eigenvalue weighted by Crippen LogP contribution is -2.27. The van der Waals surface area contributed by atoms with E-state index < -0.39 is 0 Å². The van der Waals surface area contributed by atoms with Crippen LogP contribution < -0.4 is 11.3 Å². The fourth-order valence-corrected chi connectivity index (χ4v) is 1.36. The number of nitrogens with two attached hydrogens (primary N) is 1. The number of ketones is 1. The minimum atomic E-state index is -0.110. The topological polar surface area (TPSA) is 76.0 Å². The van der Waals surface area contributed by atoms with E-state index >= 15 is 0 Å². The zero-order valence-electron chi connectivity index (χ0n) is 12.2. The second-order valence-corrected chi connectivity index (χ2v) is 4.45. The van der Waals surface area contributed by atoms with Crippen LogP contribution in [0.2, 0.25) is 0 Å². The summed E-state index contributed by atoms with van der Waals surface area (Å²) in [5, 5.41) is 0. The molecule has 1 aromatic heterocycles. The SMILES string of the molecule is CC.CC(=O)CCc1ccc(=O)[nH]c1.NC1CCC1. The normalized spacial score (nSPS) is 13.3. The van der Waals surface area contributed by atoms with Gasteiger partial charge in [-0.3, -0.25) is 4.79 Å². The van der Waals surface area contributed by atoms with E-state index in [1.165, 1.54) is 25.3 Å².